The maximum absolute atomic E-state index is 6.19. The molecule has 0 saturated heterocycles. The van der Waals surface area contributed by atoms with E-state index in [1.165, 1.54) is 12.8 Å². The second-order valence-electron chi connectivity index (χ2n) is 4.38. The molecule has 98 valence electrons. The first kappa shape index (κ1) is 14.0. The van der Waals surface area contributed by atoms with Gasteiger partial charge in [0.25, 0.3) is 0 Å². The van der Waals surface area contributed by atoms with E-state index in [0.717, 1.165) is 28.0 Å². The molecule has 0 spiro atoms. The van der Waals surface area contributed by atoms with E-state index in [4.69, 9.17) is 23.2 Å². The Balaban J connectivity index is 2.05. The molecule has 1 aromatic rings. The van der Waals surface area contributed by atoms with Crippen molar-refractivity contribution in [2.45, 2.75) is 31.9 Å². The molecule has 1 aromatic carbocycles. The molecule has 1 heterocycles. The van der Waals surface area contributed by atoms with Gasteiger partial charge >= 0.3 is 0 Å². The average Bonchev–Trinajstić information content (AvgIpc) is 2.74. The second-order valence-corrected chi connectivity index (χ2v) is 6.48. The molecule has 0 radical (unpaired) electrons. The normalized spacial score (nSPS) is 18.9. The van der Waals surface area contributed by atoms with E-state index in [-0.39, 0.29) is 0 Å². The third-order valence-electron chi connectivity index (χ3n) is 2.82. The highest BCUT2D eigenvalue weighted by Gasteiger charge is 2.19. The Bertz CT molecular complexity index is 474. The van der Waals surface area contributed by atoms with Crippen molar-refractivity contribution in [1.29, 1.82) is 0 Å². The minimum absolute atomic E-state index is 0.595. The van der Waals surface area contributed by atoms with Gasteiger partial charge in [0, 0.05) is 10.3 Å². The standard InChI is InChI=1S/C13H16Cl2N2S/c1-3-4-9-7-16-13(18-9)17-12-6-10(14)8(2)5-11(12)15/h5-6,9H,3-4,7H2,1-2H3,(H,16,17). The van der Waals surface area contributed by atoms with Gasteiger partial charge in [-0.2, -0.15) is 0 Å². The zero-order chi connectivity index (χ0) is 13.1. The Hall–Kier alpha value is -0.380. The van der Waals surface area contributed by atoms with Crippen LogP contribution >= 0.6 is 35.0 Å². The van der Waals surface area contributed by atoms with Crippen molar-refractivity contribution < 1.29 is 0 Å². The summed E-state index contributed by atoms with van der Waals surface area (Å²) < 4.78 is 0. The molecule has 18 heavy (non-hydrogen) atoms. The Morgan fingerprint density at radius 1 is 1.39 bits per heavy atom. The average molecular weight is 303 g/mol. The molecule has 0 bridgehead atoms. The Morgan fingerprint density at radius 2 is 2.17 bits per heavy atom. The third-order valence-corrected chi connectivity index (χ3v) is 4.71. The number of nitrogens with zero attached hydrogens (tertiary/aromatic N) is 1. The molecule has 1 N–H and O–H groups in total. The zero-order valence-corrected chi connectivity index (χ0v) is 12.8. The van der Waals surface area contributed by atoms with Crippen LogP contribution in [0.25, 0.3) is 0 Å². The number of thioether (sulfide) groups is 1. The summed E-state index contributed by atoms with van der Waals surface area (Å²) in [5, 5.41) is 6.19. The van der Waals surface area contributed by atoms with Gasteiger partial charge in [-0.25, -0.2) is 0 Å². The van der Waals surface area contributed by atoms with E-state index in [0.29, 0.717) is 10.3 Å². The molecule has 1 atom stereocenters. The molecular formula is C13H16Cl2N2S. The first-order chi connectivity index (χ1) is 8.60. The van der Waals surface area contributed by atoms with Crippen molar-refractivity contribution in [1.82, 2.24) is 0 Å². The summed E-state index contributed by atoms with van der Waals surface area (Å²) in [7, 11) is 0. The van der Waals surface area contributed by atoms with E-state index in [1.807, 2.05) is 19.1 Å². The van der Waals surface area contributed by atoms with Gasteiger partial charge in [0.2, 0.25) is 0 Å². The number of hydrogen-bond donors (Lipinski definition) is 1. The highest BCUT2D eigenvalue weighted by molar-refractivity contribution is 8.15. The molecule has 2 nitrogen and oxygen atoms in total. The van der Waals surface area contributed by atoms with Crippen molar-refractivity contribution in [2.24, 2.45) is 4.99 Å². The quantitative estimate of drug-likeness (QED) is 0.851. The summed E-state index contributed by atoms with van der Waals surface area (Å²) >= 11 is 14.1. The molecule has 5 heteroatoms. The number of nitrogens with one attached hydrogen (secondary N) is 1. The fourth-order valence-electron chi connectivity index (χ4n) is 1.82. The fourth-order valence-corrected chi connectivity index (χ4v) is 3.38. The zero-order valence-electron chi connectivity index (χ0n) is 10.5. The van der Waals surface area contributed by atoms with Gasteiger partial charge in [0.15, 0.2) is 5.17 Å². The van der Waals surface area contributed by atoms with Crippen LogP contribution in [0.3, 0.4) is 0 Å². The van der Waals surface area contributed by atoms with Crippen molar-refractivity contribution in [3.05, 3.63) is 27.7 Å². The smallest absolute Gasteiger partial charge is 0.161 e. The van der Waals surface area contributed by atoms with Gasteiger partial charge < -0.3 is 5.32 Å². The summed E-state index contributed by atoms with van der Waals surface area (Å²) in [6.07, 6.45) is 2.39. The summed E-state index contributed by atoms with van der Waals surface area (Å²) in [6.45, 7) is 5.03. The predicted molar refractivity (Wildman–Crippen MR) is 83.4 cm³/mol. The highest BCUT2D eigenvalue weighted by Crippen LogP contribution is 2.32. The number of amidine groups is 1. The van der Waals surface area contributed by atoms with Crippen LogP contribution in [0.2, 0.25) is 10.0 Å². The van der Waals surface area contributed by atoms with Gasteiger partial charge in [-0.3, -0.25) is 4.99 Å². The van der Waals surface area contributed by atoms with Crippen LogP contribution in [0, 0.1) is 6.92 Å². The fraction of sp³-hybridized carbons (Fsp3) is 0.462. The predicted octanol–water partition coefficient (Wildman–Crippen LogP) is 4.99. The van der Waals surface area contributed by atoms with Crippen molar-refractivity contribution in [2.75, 3.05) is 11.9 Å². The maximum Gasteiger partial charge on any atom is 0.161 e. The lowest BCUT2D eigenvalue weighted by molar-refractivity contribution is 0.754. The Morgan fingerprint density at radius 3 is 2.89 bits per heavy atom. The molecule has 0 fully saturated rings. The summed E-state index contributed by atoms with van der Waals surface area (Å²) in [5.74, 6) is 0. The van der Waals surface area contributed by atoms with E-state index in [1.54, 1.807) is 11.8 Å². The molecule has 1 aliphatic heterocycles. The molecule has 0 amide bonds. The number of halogens is 2. The van der Waals surface area contributed by atoms with E-state index in [9.17, 15) is 0 Å². The SMILES string of the molecule is CCCC1CN=C(Nc2cc(Cl)c(C)cc2Cl)S1. The Kier molecular flexibility index (Phi) is 4.82. The van der Waals surface area contributed by atoms with E-state index < -0.39 is 0 Å². The van der Waals surface area contributed by atoms with Gasteiger partial charge in [-0.05, 0) is 31.0 Å². The van der Waals surface area contributed by atoms with Gasteiger partial charge in [-0.1, -0.05) is 48.3 Å². The molecular weight excluding hydrogens is 287 g/mol. The number of benzene rings is 1. The number of anilines is 1. The number of hydrogen-bond acceptors (Lipinski definition) is 3. The van der Waals surface area contributed by atoms with Crippen molar-refractivity contribution in [3.8, 4) is 0 Å². The monoisotopic (exact) mass is 302 g/mol. The number of rotatable bonds is 3. The molecule has 0 aliphatic carbocycles. The topological polar surface area (TPSA) is 24.4 Å². The largest absolute Gasteiger partial charge is 0.334 e. The van der Waals surface area contributed by atoms with Crippen molar-refractivity contribution in [3.63, 3.8) is 0 Å². The van der Waals surface area contributed by atoms with Crippen LogP contribution in [-0.4, -0.2) is 17.0 Å². The Labute approximate surface area is 122 Å². The van der Waals surface area contributed by atoms with Gasteiger partial charge in [-0.15, -0.1) is 0 Å². The van der Waals surface area contributed by atoms with E-state index >= 15 is 0 Å². The first-order valence-electron chi connectivity index (χ1n) is 6.04. The second kappa shape index (κ2) is 6.18. The van der Waals surface area contributed by atoms with Crippen molar-refractivity contribution >= 4 is 45.8 Å². The molecule has 1 aliphatic rings. The minimum atomic E-state index is 0.595. The van der Waals surface area contributed by atoms with Gasteiger partial charge in [0.1, 0.15) is 0 Å². The highest BCUT2D eigenvalue weighted by atomic mass is 35.5. The lowest BCUT2D eigenvalue weighted by atomic mass is 10.2. The minimum Gasteiger partial charge on any atom is -0.334 e. The van der Waals surface area contributed by atoms with Crippen LogP contribution in [0.4, 0.5) is 5.69 Å². The molecule has 0 saturated carbocycles. The maximum atomic E-state index is 6.19. The third kappa shape index (κ3) is 3.34. The van der Waals surface area contributed by atoms with E-state index in [2.05, 4.69) is 17.2 Å². The number of aryl methyl sites for hydroxylation is 1. The number of aliphatic imine (C=N–C) groups is 1. The van der Waals surface area contributed by atoms with Crippen LogP contribution in [0.15, 0.2) is 17.1 Å². The molecule has 0 aromatic heterocycles. The van der Waals surface area contributed by atoms with Gasteiger partial charge in [0.05, 0.1) is 17.3 Å². The molecule has 1 unspecified atom stereocenters. The van der Waals surface area contributed by atoms with Crippen LogP contribution < -0.4 is 5.32 Å². The van der Waals surface area contributed by atoms with Crippen LogP contribution in [0.5, 0.6) is 0 Å². The van der Waals surface area contributed by atoms with Crippen LogP contribution in [0.1, 0.15) is 25.3 Å². The summed E-state index contributed by atoms with van der Waals surface area (Å²) in [6, 6.07) is 3.73. The van der Waals surface area contributed by atoms with Crippen LogP contribution in [-0.2, 0) is 0 Å². The lowest BCUT2D eigenvalue weighted by Crippen LogP contribution is -2.08. The summed E-state index contributed by atoms with van der Waals surface area (Å²) in [4.78, 5) is 4.49. The molecule has 2 rings (SSSR count). The first-order valence-corrected chi connectivity index (χ1v) is 7.67. The summed E-state index contributed by atoms with van der Waals surface area (Å²) in [5.41, 5.74) is 1.81. The lowest BCUT2D eigenvalue weighted by Gasteiger charge is -2.10.